The van der Waals surface area contributed by atoms with Crippen molar-refractivity contribution in [2.75, 3.05) is 0 Å². The fourth-order valence-electron chi connectivity index (χ4n) is 1.99. The van der Waals surface area contributed by atoms with Gasteiger partial charge in [0.05, 0.1) is 12.1 Å². The molecule has 0 spiro atoms. The highest BCUT2D eigenvalue weighted by molar-refractivity contribution is 5.48. The van der Waals surface area contributed by atoms with E-state index in [1.54, 1.807) is 12.1 Å². The molecule has 0 radical (unpaired) electrons. The number of alkyl halides is 2. The van der Waals surface area contributed by atoms with Gasteiger partial charge in [-0.3, -0.25) is 0 Å². The molecule has 2 atom stereocenters. The monoisotopic (exact) mass is 154 g/mol. The molecule has 0 N–H and O–H groups in total. The van der Waals surface area contributed by atoms with E-state index in [0.717, 1.165) is 0 Å². The topological polar surface area (TPSA) is 47.6 Å². The highest BCUT2D eigenvalue weighted by Crippen LogP contribution is 2.85. The molecular weight excluding hydrogens is 150 g/mol. The lowest BCUT2D eigenvalue weighted by atomic mass is 9.76. The molecule has 0 saturated heterocycles. The molecule has 2 saturated carbocycles. The minimum atomic E-state index is -3.05. The summed E-state index contributed by atoms with van der Waals surface area (Å²) in [6.45, 7) is 0. The third-order valence-corrected chi connectivity index (χ3v) is 2.99. The van der Waals surface area contributed by atoms with E-state index in [9.17, 15) is 8.78 Å². The van der Waals surface area contributed by atoms with Crippen LogP contribution in [-0.4, -0.2) is 5.92 Å². The molecule has 0 aromatic rings. The Morgan fingerprint density at radius 1 is 1.00 bits per heavy atom. The van der Waals surface area contributed by atoms with Gasteiger partial charge in [0.1, 0.15) is 10.8 Å². The van der Waals surface area contributed by atoms with Crippen LogP contribution < -0.4 is 0 Å². The Labute approximate surface area is 62.0 Å². The van der Waals surface area contributed by atoms with Crippen molar-refractivity contribution in [2.45, 2.75) is 18.8 Å². The molecule has 2 fully saturated rings. The van der Waals surface area contributed by atoms with Crippen LogP contribution >= 0.6 is 0 Å². The van der Waals surface area contributed by atoms with Gasteiger partial charge in [-0.1, -0.05) is 0 Å². The summed E-state index contributed by atoms with van der Waals surface area (Å²) >= 11 is 0. The van der Waals surface area contributed by atoms with E-state index in [0.29, 0.717) is 0 Å². The van der Waals surface area contributed by atoms with E-state index in [-0.39, 0.29) is 12.8 Å². The number of halogens is 2. The minimum Gasteiger partial charge on any atom is -0.203 e. The maximum atomic E-state index is 12.8. The van der Waals surface area contributed by atoms with Crippen LogP contribution in [0.15, 0.2) is 0 Å². The predicted molar refractivity (Wildman–Crippen MR) is 30.3 cm³/mol. The van der Waals surface area contributed by atoms with Gasteiger partial charge in [-0.2, -0.15) is 10.5 Å². The molecule has 11 heavy (non-hydrogen) atoms. The Balaban J connectivity index is 2.49. The van der Waals surface area contributed by atoms with Crippen LogP contribution in [0.1, 0.15) is 12.8 Å². The highest BCUT2D eigenvalue weighted by atomic mass is 19.3. The van der Waals surface area contributed by atoms with E-state index in [2.05, 4.69) is 0 Å². The first-order chi connectivity index (χ1) is 5.08. The molecule has 0 aromatic heterocycles. The standard InChI is InChI=1S/C7H4F2N2/c8-7(9)5(3-10)1-2-6(5,7)4-11/h1-2H2/t5-,6+. The highest BCUT2D eigenvalue weighted by Gasteiger charge is 2.98. The van der Waals surface area contributed by atoms with Gasteiger partial charge >= 0.3 is 0 Å². The zero-order chi connectivity index (χ0) is 8.33. The maximum absolute atomic E-state index is 12.8. The van der Waals surface area contributed by atoms with Crippen molar-refractivity contribution >= 4 is 0 Å². The van der Waals surface area contributed by atoms with Crippen LogP contribution in [0.3, 0.4) is 0 Å². The van der Waals surface area contributed by atoms with E-state index in [1.807, 2.05) is 0 Å². The van der Waals surface area contributed by atoms with Crippen molar-refractivity contribution in [3.05, 3.63) is 0 Å². The summed E-state index contributed by atoms with van der Waals surface area (Å²) in [7, 11) is 0. The van der Waals surface area contributed by atoms with Crippen LogP contribution in [-0.2, 0) is 0 Å². The van der Waals surface area contributed by atoms with Crippen LogP contribution in [0, 0.1) is 33.5 Å². The van der Waals surface area contributed by atoms with E-state index < -0.39 is 16.8 Å². The Bertz CT molecular complexity index is 281. The number of fused-ring (bicyclic) bond motifs is 1. The van der Waals surface area contributed by atoms with Gasteiger partial charge in [0, 0.05) is 0 Å². The molecule has 2 nitrogen and oxygen atoms in total. The fourth-order valence-corrected chi connectivity index (χ4v) is 1.99. The second-order valence-electron chi connectivity index (χ2n) is 3.11. The zero-order valence-electron chi connectivity index (χ0n) is 5.56. The molecule has 0 heterocycles. The Morgan fingerprint density at radius 2 is 1.36 bits per heavy atom. The molecule has 2 rings (SSSR count). The molecule has 0 amide bonds. The summed E-state index contributed by atoms with van der Waals surface area (Å²) < 4.78 is 25.7. The van der Waals surface area contributed by atoms with E-state index >= 15 is 0 Å². The lowest BCUT2D eigenvalue weighted by molar-refractivity contribution is 0.0771. The van der Waals surface area contributed by atoms with Gasteiger partial charge in [-0.25, -0.2) is 8.78 Å². The average Bonchev–Trinajstić information content (AvgIpc) is 2.15. The van der Waals surface area contributed by atoms with Gasteiger partial charge in [0.2, 0.25) is 0 Å². The molecule has 0 aliphatic heterocycles. The van der Waals surface area contributed by atoms with Crippen LogP contribution in [0.5, 0.6) is 0 Å². The third-order valence-electron chi connectivity index (χ3n) is 2.99. The second-order valence-corrected chi connectivity index (χ2v) is 3.11. The van der Waals surface area contributed by atoms with Crippen LogP contribution in [0.2, 0.25) is 0 Å². The van der Waals surface area contributed by atoms with Crippen molar-refractivity contribution in [3.63, 3.8) is 0 Å². The molecule has 0 unspecified atom stereocenters. The van der Waals surface area contributed by atoms with Crippen molar-refractivity contribution in [2.24, 2.45) is 10.8 Å². The lowest BCUT2D eigenvalue weighted by Crippen LogP contribution is -2.22. The third kappa shape index (κ3) is 0.305. The number of hydrogen-bond acceptors (Lipinski definition) is 2. The van der Waals surface area contributed by atoms with E-state index in [4.69, 9.17) is 10.5 Å². The molecular formula is C7H4F2N2. The minimum absolute atomic E-state index is 0.171. The number of nitriles is 2. The fraction of sp³-hybridized carbons (Fsp3) is 0.714. The van der Waals surface area contributed by atoms with Gasteiger partial charge < -0.3 is 0 Å². The summed E-state index contributed by atoms with van der Waals surface area (Å²) in [6, 6.07) is 3.12. The Hall–Kier alpha value is -1.16. The summed E-state index contributed by atoms with van der Waals surface area (Å²) in [5, 5.41) is 16.9. The summed E-state index contributed by atoms with van der Waals surface area (Å²) in [5.74, 6) is -3.05. The molecule has 4 heteroatoms. The Morgan fingerprint density at radius 3 is 1.45 bits per heavy atom. The molecule has 56 valence electrons. The van der Waals surface area contributed by atoms with Crippen molar-refractivity contribution < 1.29 is 8.78 Å². The quantitative estimate of drug-likeness (QED) is 0.530. The van der Waals surface area contributed by atoms with Crippen molar-refractivity contribution in [3.8, 4) is 12.1 Å². The summed E-state index contributed by atoms with van der Waals surface area (Å²) in [6.07, 6.45) is 0.341. The van der Waals surface area contributed by atoms with Gasteiger partial charge in [0.15, 0.2) is 0 Å². The SMILES string of the molecule is N#C[C@@]12CC[C@]1(C#N)C2(F)F. The Kier molecular flexibility index (Phi) is 0.744. The number of hydrogen-bond donors (Lipinski definition) is 0. The normalized spacial score (nSPS) is 49.5. The number of nitrogens with zero attached hydrogens (tertiary/aromatic N) is 2. The second kappa shape index (κ2) is 1.25. The summed E-state index contributed by atoms with van der Waals surface area (Å²) in [4.78, 5) is 0. The number of rotatable bonds is 0. The molecule has 0 bridgehead atoms. The first-order valence-electron chi connectivity index (χ1n) is 3.28. The van der Waals surface area contributed by atoms with Gasteiger partial charge in [0.25, 0.3) is 5.92 Å². The molecule has 2 aliphatic rings. The van der Waals surface area contributed by atoms with Crippen LogP contribution in [0.25, 0.3) is 0 Å². The predicted octanol–water partition coefficient (Wildman–Crippen LogP) is 1.45. The van der Waals surface area contributed by atoms with Crippen molar-refractivity contribution in [1.82, 2.24) is 0 Å². The first-order valence-corrected chi connectivity index (χ1v) is 3.28. The molecule has 2 aliphatic carbocycles. The van der Waals surface area contributed by atoms with Crippen LogP contribution in [0.4, 0.5) is 8.78 Å². The maximum Gasteiger partial charge on any atom is 0.288 e. The van der Waals surface area contributed by atoms with Crippen molar-refractivity contribution in [1.29, 1.82) is 10.5 Å². The molecule has 0 aromatic carbocycles. The average molecular weight is 154 g/mol. The summed E-state index contributed by atoms with van der Waals surface area (Å²) in [5.41, 5.74) is -3.23. The van der Waals surface area contributed by atoms with Gasteiger partial charge in [-0.05, 0) is 12.8 Å². The smallest absolute Gasteiger partial charge is 0.203 e. The lowest BCUT2D eigenvalue weighted by Gasteiger charge is -2.19. The zero-order valence-corrected chi connectivity index (χ0v) is 5.56. The first kappa shape index (κ1) is 6.54. The van der Waals surface area contributed by atoms with Gasteiger partial charge in [-0.15, -0.1) is 0 Å². The largest absolute Gasteiger partial charge is 0.288 e. The van der Waals surface area contributed by atoms with E-state index in [1.165, 1.54) is 0 Å².